The molecule has 1 aromatic carbocycles. The lowest BCUT2D eigenvalue weighted by molar-refractivity contribution is 0.0803. The molecule has 1 unspecified atom stereocenters. The van der Waals surface area contributed by atoms with Gasteiger partial charge in [-0.2, -0.15) is 0 Å². The Kier molecular flexibility index (Phi) is 5.76. The monoisotopic (exact) mass is 268 g/mol. The quantitative estimate of drug-likeness (QED) is 0.777. The second-order valence-electron chi connectivity index (χ2n) is 4.72. The number of rotatable bonds is 6. The van der Waals surface area contributed by atoms with Crippen LogP contribution in [0.15, 0.2) is 18.2 Å². The van der Waals surface area contributed by atoms with E-state index in [4.69, 9.17) is 10.5 Å². The number of carbonyl (C=O) groups excluding carboxylic acids is 1. The van der Waals surface area contributed by atoms with Crippen molar-refractivity contribution in [3.05, 3.63) is 29.6 Å². The smallest absolute Gasteiger partial charge is 0.254 e. The van der Waals surface area contributed by atoms with Crippen LogP contribution in [-0.2, 0) is 4.74 Å². The molecule has 0 aliphatic rings. The van der Waals surface area contributed by atoms with Gasteiger partial charge in [0.15, 0.2) is 0 Å². The molecule has 106 valence electrons. The van der Waals surface area contributed by atoms with E-state index in [9.17, 15) is 9.18 Å². The molecule has 0 bridgehead atoms. The summed E-state index contributed by atoms with van der Waals surface area (Å²) in [4.78, 5) is 12.0. The third kappa shape index (κ3) is 4.52. The molecule has 19 heavy (non-hydrogen) atoms. The van der Waals surface area contributed by atoms with Crippen LogP contribution in [0.4, 0.5) is 10.1 Å². The summed E-state index contributed by atoms with van der Waals surface area (Å²) >= 11 is 0. The van der Waals surface area contributed by atoms with Gasteiger partial charge in [0.25, 0.3) is 5.91 Å². The van der Waals surface area contributed by atoms with Crippen LogP contribution in [0.3, 0.4) is 0 Å². The molecule has 0 aromatic heterocycles. The van der Waals surface area contributed by atoms with E-state index in [2.05, 4.69) is 5.32 Å². The largest absolute Gasteiger partial charge is 0.399 e. The highest BCUT2D eigenvalue weighted by molar-refractivity contribution is 5.95. The van der Waals surface area contributed by atoms with Gasteiger partial charge in [0.2, 0.25) is 0 Å². The van der Waals surface area contributed by atoms with E-state index < -0.39 is 11.7 Å². The minimum atomic E-state index is -0.578. The molecule has 0 radical (unpaired) electrons. The van der Waals surface area contributed by atoms with Crippen molar-refractivity contribution in [3.8, 4) is 0 Å². The lowest BCUT2D eigenvalue weighted by atomic mass is 10.0. The molecule has 1 aromatic rings. The molecule has 1 amide bonds. The van der Waals surface area contributed by atoms with Crippen molar-refractivity contribution in [2.75, 3.05) is 18.9 Å². The van der Waals surface area contributed by atoms with Gasteiger partial charge in [-0.05, 0) is 31.0 Å². The van der Waals surface area contributed by atoms with Gasteiger partial charge in [0.05, 0.1) is 18.2 Å². The number of carbonyl (C=O) groups is 1. The van der Waals surface area contributed by atoms with Gasteiger partial charge < -0.3 is 15.8 Å². The summed E-state index contributed by atoms with van der Waals surface area (Å²) in [6.07, 6.45) is 0. The van der Waals surface area contributed by atoms with E-state index in [0.29, 0.717) is 18.9 Å². The fraction of sp³-hybridized carbons (Fsp3) is 0.500. The summed E-state index contributed by atoms with van der Waals surface area (Å²) in [6.45, 7) is 6.81. The fourth-order valence-corrected chi connectivity index (χ4v) is 1.61. The molecule has 1 atom stereocenters. The highest BCUT2D eigenvalue weighted by Crippen LogP contribution is 2.13. The zero-order valence-electron chi connectivity index (χ0n) is 11.6. The second-order valence-corrected chi connectivity index (χ2v) is 4.72. The molecule has 0 spiro atoms. The standard InChI is InChI=1S/C14H21FN2O2/c1-4-19-8-13(9(2)3)17-14(18)11-7-10(16)5-6-12(11)15/h5-7,9,13H,4,8,16H2,1-3H3,(H,17,18). The van der Waals surface area contributed by atoms with Gasteiger partial charge in [-0.3, -0.25) is 4.79 Å². The number of nitrogens with one attached hydrogen (secondary N) is 1. The summed E-state index contributed by atoms with van der Waals surface area (Å²) < 4.78 is 18.9. The average Bonchev–Trinajstić information content (AvgIpc) is 2.36. The maximum absolute atomic E-state index is 13.6. The Morgan fingerprint density at radius 3 is 2.74 bits per heavy atom. The van der Waals surface area contributed by atoms with Gasteiger partial charge in [-0.15, -0.1) is 0 Å². The molecule has 0 saturated heterocycles. The van der Waals surface area contributed by atoms with Crippen LogP contribution in [0, 0.1) is 11.7 Å². The summed E-state index contributed by atoms with van der Waals surface area (Å²) in [5.74, 6) is -0.853. The van der Waals surface area contributed by atoms with E-state index in [1.165, 1.54) is 18.2 Å². The topological polar surface area (TPSA) is 64.3 Å². The molecule has 1 rings (SSSR count). The van der Waals surface area contributed by atoms with Crippen LogP contribution in [0.25, 0.3) is 0 Å². The number of ether oxygens (including phenoxy) is 1. The van der Waals surface area contributed by atoms with E-state index in [1.807, 2.05) is 20.8 Å². The van der Waals surface area contributed by atoms with Gasteiger partial charge in [0, 0.05) is 12.3 Å². The lowest BCUT2D eigenvalue weighted by Gasteiger charge is -2.22. The van der Waals surface area contributed by atoms with Crippen molar-refractivity contribution in [1.82, 2.24) is 5.32 Å². The maximum atomic E-state index is 13.6. The molecule has 4 nitrogen and oxygen atoms in total. The lowest BCUT2D eigenvalue weighted by Crippen LogP contribution is -2.42. The van der Waals surface area contributed by atoms with Gasteiger partial charge in [0.1, 0.15) is 5.82 Å². The average molecular weight is 268 g/mol. The van der Waals surface area contributed by atoms with Crippen molar-refractivity contribution < 1.29 is 13.9 Å². The Labute approximate surface area is 113 Å². The number of hydrogen-bond donors (Lipinski definition) is 2. The van der Waals surface area contributed by atoms with E-state index >= 15 is 0 Å². The predicted octanol–water partition coefficient (Wildman–Crippen LogP) is 2.20. The molecule has 0 aliphatic heterocycles. The first-order chi connectivity index (χ1) is 8.95. The Bertz CT molecular complexity index is 435. The molecular formula is C14H21FN2O2. The zero-order valence-corrected chi connectivity index (χ0v) is 11.6. The summed E-state index contributed by atoms with van der Waals surface area (Å²) in [6, 6.07) is 3.79. The van der Waals surface area contributed by atoms with Crippen LogP contribution in [-0.4, -0.2) is 25.2 Å². The number of halogens is 1. The highest BCUT2D eigenvalue weighted by Gasteiger charge is 2.19. The molecule has 3 N–H and O–H groups in total. The molecule has 0 heterocycles. The molecule has 0 saturated carbocycles. The number of nitrogens with two attached hydrogens (primary N) is 1. The first-order valence-electron chi connectivity index (χ1n) is 6.39. The molecular weight excluding hydrogens is 247 g/mol. The normalized spacial score (nSPS) is 12.5. The fourth-order valence-electron chi connectivity index (χ4n) is 1.61. The van der Waals surface area contributed by atoms with Gasteiger partial charge in [-0.25, -0.2) is 4.39 Å². The minimum Gasteiger partial charge on any atom is -0.399 e. The van der Waals surface area contributed by atoms with E-state index in [0.717, 1.165) is 0 Å². The van der Waals surface area contributed by atoms with Crippen LogP contribution >= 0.6 is 0 Å². The first kappa shape index (κ1) is 15.4. The van der Waals surface area contributed by atoms with Crippen LogP contribution in [0.1, 0.15) is 31.1 Å². The number of anilines is 1. The van der Waals surface area contributed by atoms with Gasteiger partial charge in [-0.1, -0.05) is 13.8 Å². The Morgan fingerprint density at radius 1 is 1.47 bits per heavy atom. The first-order valence-corrected chi connectivity index (χ1v) is 6.39. The van der Waals surface area contributed by atoms with Crippen LogP contribution in [0.5, 0.6) is 0 Å². The Hall–Kier alpha value is -1.62. The zero-order chi connectivity index (χ0) is 14.4. The maximum Gasteiger partial charge on any atom is 0.254 e. The molecule has 0 fully saturated rings. The van der Waals surface area contributed by atoms with Gasteiger partial charge >= 0.3 is 0 Å². The number of benzene rings is 1. The minimum absolute atomic E-state index is 0.0397. The number of hydrogen-bond acceptors (Lipinski definition) is 3. The van der Waals surface area contributed by atoms with Crippen LogP contribution in [0.2, 0.25) is 0 Å². The summed E-state index contributed by atoms with van der Waals surface area (Å²) in [5.41, 5.74) is 5.88. The summed E-state index contributed by atoms with van der Waals surface area (Å²) in [5, 5.41) is 2.78. The Balaban J connectivity index is 2.78. The third-order valence-electron chi connectivity index (χ3n) is 2.86. The van der Waals surface area contributed by atoms with E-state index in [-0.39, 0.29) is 17.5 Å². The van der Waals surface area contributed by atoms with E-state index in [1.54, 1.807) is 0 Å². The van der Waals surface area contributed by atoms with Crippen molar-refractivity contribution in [3.63, 3.8) is 0 Å². The highest BCUT2D eigenvalue weighted by atomic mass is 19.1. The third-order valence-corrected chi connectivity index (χ3v) is 2.86. The van der Waals surface area contributed by atoms with Crippen molar-refractivity contribution in [2.45, 2.75) is 26.8 Å². The van der Waals surface area contributed by atoms with Crippen LogP contribution < -0.4 is 11.1 Å². The predicted molar refractivity (Wildman–Crippen MR) is 73.4 cm³/mol. The molecule has 0 aliphatic carbocycles. The van der Waals surface area contributed by atoms with Crippen molar-refractivity contribution >= 4 is 11.6 Å². The SMILES string of the molecule is CCOCC(NC(=O)c1cc(N)ccc1F)C(C)C. The number of nitrogen functional groups attached to an aromatic ring is 1. The second kappa shape index (κ2) is 7.09. The van der Waals surface area contributed by atoms with Crippen molar-refractivity contribution in [1.29, 1.82) is 0 Å². The number of amides is 1. The Morgan fingerprint density at radius 2 is 2.16 bits per heavy atom. The molecule has 5 heteroatoms. The van der Waals surface area contributed by atoms with Crippen molar-refractivity contribution in [2.24, 2.45) is 5.92 Å². The summed E-state index contributed by atoms with van der Waals surface area (Å²) in [7, 11) is 0.